The monoisotopic (exact) mass is 278 g/mol. The molecule has 3 aromatic heterocycles. The van der Waals surface area contributed by atoms with E-state index >= 15 is 0 Å². The molecule has 0 radical (unpaired) electrons. The SMILES string of the molecule is O=C1NCCc2[nH]c(-c3ccnc(-n4cccc4)c3)cc21. The van der Waals surface area contributed by atoms with Crippen LogP contribution in [0, 0.1) is 0 Å². The Morgan fingerprint density at radius 3 is 2.86 bits per heavy atom. The van der Waals surface area contributed by atoms with Crippen LogP contribution in [0.5, 0.6) is 0 Å². The van der Waals surface area contributed by atoms with Gasteiger partial charge in [0.05, 0.1) is 5.56 Å². The number of nitrogens with zero attached hydrogens (tertiary/aromatic N) is 2. The first-order valence-corrected chi connectivity index (χ1v) is 6.91. The van der Waals surface area contributed by atoms with Gasteiger partial charge in [-0.05, 0) is 30.3 Å². The smallest absolute Gasteiger partial charge is 0.253 e. The van der Waals surface area contributed by atoms with Crippen molar-refractivity contribution in [1.82, 2.24) is 19.9 Å². The molecule has 0 bridgehead atoms. The lowest BCUT2D eigenvalue weighted by Crippen LogP contribution is -2.31. The molecule has 1 amide bonds. The van der Waals surface area contributed by atoms with Gasteiger partial charge in [-0.25, -0.2) is 4.98 Å². The summed E-state index contributed by atoms with van der Waals surface area (Å²) in [4.78, 5) is 19.6. The maximum Gasteiger partial charge on any atom is 0.253 e. The van der Waals surface area contributed by atoms with Crippen molar-refractivity contribution in [3.63, 3.8) is 0 Å². The quantitative estimate of drug-likeness (QED) is 0.754. The van der Waals surface area contributed by atoms with Crippen LogP contribution in [0.2, 0.25) is 0 Å². The fraction of sp³-hybridized carbons (Fsp3) is 0.125. The molecule has 0 saturated carbocycles. The number of carbonyl (C=O) groups is 1. The minimum absolute atomic E-state index is 0.00145. The van der Waals surface area contributed by atoms with E-state index in [2.05, 4.69) is 15.3 Å². The molecule has 104 valence electrons. The number of aromatic amines is 1. The molecule has 21 heavy (non-hydrogen) atoms. The van der Waals surface area contributed by atoms with Crippen molar-refractivity contribution >= 4 is 5.91 Å². The first-order valence-electron chi connectivity index (χ1n) is 6.91. The summed E-state index contributed by atoms with van der Waals surface area (Å²) in [5.74, 6) is 0.855. The van der Waals surface area contributed by atoms with E-state index in [4.69, 9.17) is 0 Å². The second-order valence-corrected chi connectivity index (χ2v) is 5.07. The molecule has 4 heterocycles. The van der Waals surface area contributed by atoms with Crippen molar-refractivity contribution in [2.24, 2.45) is 0 Å². The first-order chi connectivity index (χ1) is 10.3. The molecule has 0 spiro atoms. The fourth-order valence-corrected chi connectivity index (χ4v) is 2.66. The van der Waals surface area contributed by atoms with E-state index in [0.29, 0.717) is 6.54 Å². The summed E-state index contributed by atoms with van der Waals surface area (Å²) >= 11 is 0. The molecule has 0 aliphatic carbocycles. The number of carbonyl (C=O) groups excluding carboxylic acids is 1. The summed E-state index contributed by atoms with van der Waals surface area (Å²) in [7, 11) is 0. The molecule has 5 nitrogen and oxygen atoms in total. The molecule has 0 atom stereocenters. The van der Waals surface area contributed by atoms with Gasteiger partial charge in [0.2, 0.25) is 0 Å². The minimum atomic E-state index is -0.00145. The topological polar surface area (TPSA) is 62.7 Å². The zero-order valence-electron chi connectivity index (χ0n) is 11.3. The van der Waals surface area contributed by atoms with E-state index in [1.165, 1.54) is 0 Å². The molecule has 1 aliphatic heterocycles. The van der Waals surface area contributed by atoms with Crippen molar-refractivity contribution in [1.29, 1.82) is 0 Å². The number of nitrogens with one attached hydrogen (secondary N) is 2. The van der Waals surface area contributed by atoms with Crippen molar-refractivity contribution in [2.45, 2.75) is 6.42 Å². The number of rotatable bonds is 2. The summed E-state index contributed by atoms with van der Waals surface area (Å²) in [5.41, 5.74) is 3.73. The second kappa shape index (κ2) is 4.63. The number of pyridine rings is 1. The third-order valence-electron chi connectivity index (χ3n) is 3.73. The van der Waals surface area contributed by atoms with Gasteiger partial charge in [0.1, 0.15) is 5.82 Å². The Kier molecular flexibility index (Phi) is 2.64. The van der Waals surface area contributed by atoms with Gasteiger partial charge in [-0.1, -0.05) is 0 Å². The van der Waals surface area contributed by atoms with Crippen LogP contribution in [0.4, 0.5) is 0 Å². The predicted octanol–water partition coefficient (Wildman–Crippen LogP) is 2.15. The Morgan fingerprint density at radius 2 is 2.05 bits per heavy atom. The molecule has 3 aromatic rings. The van der Waals surface area contributed by atoms with Gasteiger partial charge in [-0.3, -0.25) is 4.79 Å². The van der Waals surface area contributed by atoms with Crippen molar-refractivity contribution in [2.75, 3.05) is 6.54 Å². The molecule has 1 aliphatic rings. The standard InChI is InChI=1S/C16H14N4O/c21-16-12-10-14(19-13(12)4-6-18-16)11-3-5-17-15(9-11)20-7-1-2-8-20/h1-3,5,7-10,19H,4,6H2,(H,18,21). The molecule has 0 unspecified atom stereocenters. The fourth-order valence-electron chi connectivity index (χ4n) is 2.66. The van der Waals surface area contributed by atoms with Crippen molar-refractivity contribution in [3.05, 3.63) is 60.2 Å². The van der Waals surface area contributed by atoms with Gasteiger partial charge in [-0.15, -0.1) is 0 Å². The van der Waals surface area contributed by atoms with Gasteiger partial charge in [0, 0.05) is 48.5 Å². The van der Waals surface area contributed by atoms with Crippen LogP contribution in [0.3, 0.4) is 0 Å². The maximum absolute atomic E-state index is 11.8. The van der Waals surface area contributed by atoms with E-state index < -0.39 is 0 Å². The summed E-state index contributed by atoms with van der Waals surface area (Å²) in [5, 5.41) is 2.86. The number of aromatic nitrogens is 3. The van der Waals surface area contributed by atoms with Crippen molar-refractivity contribution < 1.29 is 4.79 Å². The van der Waals surface area contributed by atoms with Gasteiger partial charge in [-0.2, -0.15) is 0 Å². The highest BCUT2D eigenvalue weighted by atomic mass is 16.1. The maximum atomic E-state index is 11.8. The van der Waals surface area contributed by atoms with Gasteiger partial charge in [0.25, 0.3) is 5.91 Å². The molecule has 0 saturated heterocycles. The van der Waals surface area contributed by atoms with E-state index in [1.54, 1.807) is 6.20 Å². The Morgan fingerprint density at radius 1 is 1.19 bits per heavy atom. The Balaban J connectivity index is 1.77. The average Bonchev–Trinajstić information content (AvgIpc) is 3.18. The molecule has 0 fully saturated rings. The lowest BCUT2D eigenvalue weighted by Gasteiger charge is -2.10. The molecule has 4 rings (SSSR count). The third kappa shape index (κ3) is 2.03. The number of hydrogen-bond donors (Lipinski definition) is 2. The van der Waals surface area contributed by atoms with E-state index in [9.17, 15) is 4.79 Å². The highest BCUT2D eigenvalue weighted by Crippen LogP contribution is 2.24. The molecular formula is C16H14N4O. The largest absolute Gasteiger partial charge is 0.358 e. The number of hydrogen-bond acceptors (Lipinski definition) is 2. The number of H-pyrrole nitrogens is 1. The van der Waals surface area contributed by atoms with E-state index in [-0.39, 0.29) is 5.91 Å². The van der Waals surface area contributed by atoms with Crippen LogP contribution in [0.1, 0.15) is 16.1 Å². The lowest BCUT2D eigenvalue weighted by molar-refractivity contribution is 0.0946. The Labute approximate surface area is 121 Å². The predicted molar refractivity (Wildman–Crippen MR) is 79.4 cm³/mol. The summed E-state index contributed by atoms with van der Waals surface area (Å²) in [6, 6.07) is 9.80. The van der Waals surface area contributed by atoms with E-state index in [0.717, 1.165) is 34.8 Å². The van der Waals surface area contributed by atoms with Crippen LogP contribution in [0.15, 0.2) is 48.9 Å². The Bertz CT molecular complexity index is 802. The highest BCUT2D eigenvalue weighted by Gasteiger charge is 2.19. The van der Waals surface area contributed by atoms with Crippen LogP contribution in [-0.4, -0.2) is 27.0 Å². The van der Waals surface area contributed by atoms with Crippen molar-refractivity contribution in [3.8, 4) is 17.1 Å². The average molecular weight is 278 g/mol. The molecule has 2 N–H and O–H groups in total. The Hall–Kier alpha value is -2.82. The van der Waals surface area contributed by atoms with Gasteiger partial charge in [0.15, 0.2) is 0 Å². The minimum Gasteiger partial charge on any atom is -0.358 e. The number of fused-ring (bicyclic) bond motifs is 1. The second-order valence-electron chi connectivity index (χ2n) is 5.07. The zero-order chi connectivity index (χ0) is 14.2. The number of amides is 1. The normalized spacial score (nSPS) is 13.8. The summed E-state index contributed by atoms with van der Waals surface area (Å²) < 4.78 is 1.96. The summed E-state index contributed by atoms with van der Waals surface area (Å²) in [6.07, 6.45) is 6.54. The van der Waals surface area contributed by atoms with E-state index in [1.807, 2.05) is 47.3 Å². The molecular weight excluding hydrogens is 264 g/mol. The van der Waals surface area contributed by atoms with Crippen LogP contribution >= 0.6 is 0 Å². The van der Waals surface area contributed by atoms with Crippen LogP contribution in [0.25, 0.3) is 17.1 Å². The lowest BCUT2D eigenvalue weighted by atomic mass is 10.1. The summed E-state index contributed by atoms with van der Waals surface area (Å²) in [6.45, 7) is 0.691. The van der Waals surface area contributed by atoms with Crippen LogP contribution < -0.4 is 5.32 Å². The van der Waals surface area contributed by atoms with Gasteiger partial charge >= 0.3 is 0 Å². The highest BCUT2D eigenvalue weighted by molar-refractivity contribution is 5.97. The zero-order valence-corrected chi connectivity index (χ0v) is 11.3. The molecule has 0 aromatic carbocycles. The third-order valence-corrected chi connectivity index (χ3v) is 3.73. The van der Waals surface area contributed by atoms with Crippen LogP contribution in [-0.2, 0) is 6.42 Å². The first kappa shape index (κ1) is 12.0. The van der Waals surface area contributed by atoms with Gasteiger partial charge < -0.3 is 14.9 Å². The molecule has 5 heteroatoms.